The van der Waals surface area contributed by atoms with Gasteiger partial charge in [0.1, 0.15) is 5.82 Å². The smallest absolute Gasteiger partial charge is 0.289 e. The first-order chi connectivity index (χ1) is 11.1. The van der Waals surface area contributed by atoms with Crippen LogP contribution >= 0.6 is 0 Å². The highest BCUT2D eigenvalue weighted by Crippen LogP contribution is 2.11. The van der Waals surface area contributed by atoms with Crippen molar-refractivity contribution in [1.82, 2.24) is 9.80 Å². The van der Waals surface area contributed by atoms with E-state index in [-0.39, 0.29) is 24.1 Å². The van der Waals surface area contributed by atoms with Crippen LogP contribution in [0.2, 0.25) is 0 Å². The van der Waals surface area contributed by atoms with Crippen LogP contribution in [-0.2, 0) is 11.2 Å². The molecule has 0 N–H and O–H groups in total. The van der Waals surface area contributed by atoms with Crippen molar-refractivity contribution in [2.24, 2.45) is 0 Å². The molecule has 0 radical (unpaired) electrons. The normalized spacial score (nSPS) is 14.8. The lowest BCUT2D eigenvalue weighted by Gasteiger charge is -2.34. The molecule has 3 rings (SSSR count). The van der Waals surface area contributed by atoms with E-state index in [1.165, 1.54) is 18.4 Å². The Morgan fingerprint density at radius 1 is 1.04 bits per heavy atom. The predicted molar refractivity (Wildman–Crippen MR) is 81.3 cm³/mol. The van der Waals surface area contributed by atoms with Gasteiger partial charge in [0.2, 0.25) is 5.91 Å². The lowest BCUT2D eigenvalue weighted by molar-refractivity contribution is -0.131. The molecule has 0 bridgehead atoms. The third-order valence-corrected chi connectivity index (χ3v) is 3.90. The first-order valence-electron chi connectivity index (χ1n) is 7.48. The average molecular weight is 316 g/mol. The Morgan fingerprint density at radius 3 is 2.43 bits per heavy atom. The Labute approximate surface area is 133 Å². The van der Waals surface area contributed by atoms with Gasteiger partial charge in [0, 0.05) is 26.2 Å². The van der Waals surface area contributed by atoms with Crippen LogP contribution in [0.4, 0.5) is 4.39 Å². The molecule has 120 valence electrons. The van der Waals surface area contributed by atoms with E-state index < -0.39 is 0 Å². The van der Waals surface area contributed by atoms with E-state index in [9.17, 15) is 14.0 Å². The van der Waals surface area contributed by atoms with Crippen molar-refractivity contribution >= 4 is 11.8 Å². The molecule has 0 atom stereocenters. The molecule has 0 saturated carbocycles. The van der Waals surface area contributed by atoms with E-state index in [1.807, 2.05) is 0 Å². The molecule has 1 aliphatic rings. The molecule has 1 saturated heterocycles. The highest BCUT2D eigenvalue weighted by atomic mass is 19.1. The molecule has 5 nitrogen and oxygen atoms in total. The van der Waals surface area contributed by atoms with E-state index in [2.05, 4.69) is 0 Å². The lowest BCUT2D eigenvalue weighted by Crippen LogP contribution is -2.50. The number of amides is 2. The number of furan rings is 1. The van der Waals surface area contributed by atoms with Crippen LogP contribution in [0.15, 0.2) is 47.1 Å². The number of rotatable bonds is 3. The van der Waals surface area contributed by atoms with Gasteiger partial charge in [-0.25, -0.2) is 4.39 Å². The van der Waals surface area contributed by atoms with Crippen LogP contribution in [0, 0.1) is 5.82 Å². The highest BCUT2D eigenvalue weighted by molar-refractivity contribution is 5.91. The monoisotopic (exact) mass is 316 g/mol. The number of hydrogen-bond acceptors (Lipinski definition) is 3. The fourth-order valence-electron chi connectivity index (χ4n) is 2.65. The third-order valence-electron chi connectivity index (χ3n) is 3.90. The number of benzene rings is 1. The Bertz CT molecular complexity index is 692. The zero-order chi connectivity index (χ0) is 16.2. The molecule has 1 aromatic heterocycles. The van der Waals surface area contributed by atoms with Crippen molar-refractivity contribution in [2.75, 3.05) is 26.2 Å². The molecule has 6 heteroatoms. The van der Waals surface area contributed by atoms with Crippen LogP contribution in [0.25, 0.3) is 0 Å². The summed E-state index contributed by atoms with van der Waals surface area (Å²) in [4.78, 5) is 27.8. The van der Waals surface area contributed by atoms with E-state index in [1.54, 1.807) is 34.1 Å². The van der Waals surface area contributed by atoms with Gasteiger partial charge in [-0.2, -0.15) is 0 Å². The van der Waals surface area contributed by atoms with Crippen molar-refractivity contribution < 1.29 is 18.4 Å². The molecule has 0 spiro atoms. The quantitative estimate of drug-likeness (QED) is 0.869. The molecule has 1 fully saturated rings. The summed E-state index contributed by atoms with van der Waals surface area (Å²) in [5.74, 6) is -0.248. The number of hydrogen-bond donors (Lipinski definition) is 0. The standard InChI is InChI=1S/C17H17FN2O3/c18-14-4-1-3-13(11-14)12-16(21)19-6-8-20(9-7-19)17(22)15-5-2-10-23-15/h1-5,10-11H,6-9,12H2. The molecule has 1 aromatic carbocycles. The summed E-state index contributed by atoms with van der Waals surface area (Å²) >= 11 is 0. The van der Waals surface area contributed by atoms with Crippen LogP contribution in [0.5, 0.6) is 0 Å². The Balaban J connectivity index is 1.54. The molecule has 0 aliphatic carbocycles. The lowest BCUT2D eigenvalue weighted by atomic mass is 10.1. The number of nitrogens with zero attached hydrogens (tertiary/aromatic N) is 2. The summed E-state index contributed by atoms with van der Waals surface area (Å²) < 4.78 is 18.3. The van der Waals surface area contributed by atoms with Crippen LogP contribution in [0.3, 0.4) is 0 Å². The van der Waals surface area contributed by atoms with Gasteiger partial charge < -0.3 is 14.2 Å². The summed E-state index contributed by atoms with van der Waals surface area (Å²) in [6.45, 7) is 1.88. The molecule has 0 unspecified atom stereocenters. The van der Waals surface area contributed by atoms with Crippen LogP contribution in [-0.4, -0.2) is 47.8 Å². The van der Waals surface area contributed by atoms with Gasteiger partial charge in [0.25, 0.3) is 5.91 Å². The maximum absolute atomic E-state index is 13.2. The minimum Gasteiger partial charge on any atom is -0.459 e. The van der Waals surface area contributed by atoms with Gasteiger partial charge in [-0.05, 0) is 29.8 Å². The zero-order valence-corrected chi connectivity index (χ0v) is 12.6. The molecule has 1 aliphatic heterocycles. The van der Waals surface area contributed by atoms with E-state index >= 15 is 0 Å². The number of halogens is 1. The van der Waals surface area contributed by atoms with Gasteiger partial charge >= 0.3 is 0 Å². The van der Waals surface area contributed by atoms with Crippen molar-refractivity contribution in [3.63, 3.8) is 0 Å². The average Bonchev–Trinajstić information content (AvgIpc) is 3.09. The van der Waals surface area contributed by atoms with E-state index in [0.717, 1.165) is 0 Å². The van der Waals surface area contributed by atoms with Crippen molar-refractivity contribution in [3.05, 3.63) is 59.8 Å². The highest BCUT2D eigenvalue weighted by Gasteiger charge is 2.25. The maximum Gasteiger partial charge on any atom is 0.289 e. The van der Waals surface area contributed by atoms with E-state index in [4.69, 9.17) is 4.42 Å². The van der Waals surface area contributed by atoms with Crippen LogP contribution < -0.4 is 0 Å². The minimum absolute atomic E-state index is 0.0549. The number of carbonyl (C=O) groups is 2. The van der Waals surface area contributed by atoms with Crippen molar-refractivity contribution in [1.29, 1.82) is 0 Å². The second-order valence-corrected chi connectivity index (χ2v) is 5.46. The SMILES string of the molecule is O=C(Cc1cccc(F)c1)N1CCN(C(=O)c2ccco2)CC1. The molecule has 2 aromatic rings. The fraction of sp³-hybridized carbons (Fsp3) is 0.294. The Kier molecular flexibility index (Phi) is 4.41. The second kappa shape index (κ2) is 6.64. The topological polar surface area (TPSA) is 53.8 Å². The molecule has 2 heterocycles. The summed E-state index contributed by atoms with van der Waals surface area (Å²) in [7, 11) is 0. The zero-order valence-electron chi connectivity index (χ0n) is 12.6. The number of piperazine rings is 1. The molecule has 23 heavy (non-hydrogen) atoms. The predicted octanol–water partition coefficient (Wildman–Crippen LogP) is 1.95. The largest absolute Gasteiger partial charge is 0.459 e. The van der Waals surface area contributed by atoms with E-state index in [0.29, 0.717) is 37.5 Å². The van der Waals surface area contributed by atoms with Gasteiger partial charge in [0.15, 0.2) is 5.76 Å². The molecule has 2 amide bonds. The third kappa shape index (κ3) is 3.59. The second-order valence-electron chi connectivity index (χ2n) is 5.46. The van der Waals surface area contributed by atoms with Crippen LogP contribution in [0.1, 0.15) is 16.1 Å². The Morgan fingerprint density at radius 2 is 1.78 bits per heavy atom. The summed E-state index contributed by atoms with van der Waals surface area (Å²) in [6, 6.07) is 9.35. The summed E-state index contributed by atoms with van der Waals surface area (Å²) in [6.07, 6.45) is 1.63. The fourth-order valence-corrected chi connectivity index (χ4v) is 2.65. The van der Waals surface area contributed by atoms with Gasteiger partial charge in [0.05, 0.1) is 12.7 Å². The molecular weight excluding hydrogens is 299 g/mol. The molecular formula is C17H17FN2O3. The van der Waals surface area contributed by atoms with Gasteiger partial charge in [-0.3, -0.25) is 9.59 Å². The van der Waals surface area contributed by atoms with Gasteiger partial charge in [-0.1, -0.05) is 12.1 Å². The minimum atomic E-state index is -0.343. The maximum atomic E-state index is 13.2. The summed E-state index contributed by atoms with van der Waals surface area (Å²) in [5, 5.41) is 0. The first-order valence-corrected chi connectivity index (χ1v) is 7.48. The van der Waals surface area contributed by atoms with Crippen molar-refractivity contribution in [2.45, 2.75) is 6.42 Å². The number of carbonyl (C=O) groups excluding carboxylic acids is 2. The Hall–Kier alpha value is -2.63. The first kappa shape index (κ1) is 15.3. The summed E-state index contributed by atoms with van der Waals surface area (Å²) in [5.41, 5.74) is 0.657. The van der Waals surface area contributed by atoms with Crippen molar-refractivity contribution in [3.8, 4) is 0 Å². The van der Waals surface area contributed by atoms with Gasteiger partial charge in [-0.15, -0.1) is 0 Å².